The minimum Gasteiger partial charge on any atom is -0.290 e. The second-order valence-electron chi connectivity index (χ2n) is 1.25. The van der Waals surface area contributed by atoms with Crippen molar-refractivity contribution in [2.75, 3.05) is 13.3 Å². The van der Waals surface area contributed by atoms with Crippen LogP contribution in [-0.2, 0) is 0 Å². The third kappa shape index (κ3) is 2.51. The number of hydroxylamine groups is 1. The first kappa shape index (κ1) is 6.82. The molecule has 0 saturated heterocycles. The first-order valence-corrected chi connectivity index (χ1v) is 3.21. The van der Waals surface area contributed by atoms with Crippen LogP contribution in [-0.4, -0.2) is 28.3 Å². The second kappa shape index (κ2) is 2.91. The summed E-state index contributed by atoms with van der Waals surface area (Å²) in [5, 5.41) is 9.50. The van der Waals surface area contributed by atoms with E-state index in [1.165, 1.54) is 11.8 Å². The summed E-state index contributed by atoms with van der Waals surface area (Å²) < 4.78 is 1.10. The molecule has 0 rings (SSSR count). The molecule has 7 heavy (non-hydrogen) atoms. The standard InChI is InChI=1S/C4H10NOS/c1-4(7-3)5(2)6/h6H,1-3H3/q+1/b5-4-. The maximum atomic E-state index is 8.60. The molecule has 2 nitrogen and oxygen atoms in total. The summed E-state index contributed by atoms with van der Waals surface area (Å²) >= 11 is 1.53. The average molecular weight is 120 g/mol. The first-order valence-electron chi connectivity index (χ1n) is 1.98. The zero-order chi connectivity index (χ0) is 5.86. The van der Waals surface area contributed by atoms with Crippen LogP contribution >= 0.6 is 11.8 Å². The van der Waals surface area contributed by atoms with Crippen molar-refractivity contribution in [3.05, 3.63) is 0 Å². The van der Waals surface area contributed by atoms with Crippen molar-refractivity contribution in [3.63, 3.8) is 0 Å². The van der Waals surface area contributed by atoms with Crippen LogP contribution in [0.1, 0.15) is 6.92 Å². The highest BCUT2D eigenvalue weighted by Crippen LogP contribution is 1.92. The van der Waals surface area contributed by atoms with Gasteiger partial charge in [-0.2, -0.15) is 0 Å². The SMILES string of the molecule is CS/C(C)=[N+](/C)O. The molecule has 0 heterocycles. The molecular weight excluding hydrogens is 110 g/mol. The van der Waals surface area contributed by atoms with Gasteiger partial charge in [0.1, 0.15) is 0 Å². The lowest BCUT2D eigenvalue weighted by atomic mass is 10.9. The lowest BCUT2D eigenvalue weighted by molar-refractivity contribution is -0.752. The average Bonchev–Trinajstić information content (AvgIpc) is 1.65. The Kier molecular flexibility index (Phi) is 2.83. The Morgan fingerprint density at radius 2 is 2.14 bits per heavy atom. The van der Waals surface area contributed by atoms with E-state index in [2.05, 4.69) is 0 Å². The molecule has 3 heteroatoms. The van der Waals surface area contributed by atoms with Crippen molar-refractivity contribution < 1.29 is 9.95 Å². The van der Waals surface area contributed by atoms with E-state index < -0.39 is 0 Å². The van der Waals surface area contributed by atoms with Gasteiger partial charge in [0.25, 0.3) is 5.04 Å². The van der Waals surface area contributed by atoms with Gasteiger partial charge in [0.15, 0.2) is 7.05 Å². The van der Waals surface area contributed by atoms with E-state index in [1.807, 2.05) is 13.2 Å². The third-order valence-electron chi connectivity index (χ3n) is 0.751. The molecule has 0 aromatic rings. The lowest BCUT2D eigenvalue weighted by Crippen LogP contribution is -2.04. The molecule has 0 aromatic heterocycles. The van der Waals surface area contributed by atoms with Crippen LogP contribution in [0.3, 0.4) is 0 Å². The Balaban J connectivity index is 3.72. The van der Waals surface area contributed by atoms with Crippen molar-refractivity contribution in [2.24, 2.45) is 0 Å². The summed E-state index contributed by atoms with van der Waals surface area (Å²) in [7, 11) is 1.60. The number of nitrogens with zero attached hydrogens (tertiary/aromatic N) is 1. The topological polar surface area (TPSA) is 23.2 Å². The van der Waals surface area contributed by atoms with Gasteiger partial charge in [-0.15, -0.1) is 0 Å². The Labute approximate surface area is 47.8 Å². The molecule has 0 aliphatic rings. The zero-order valence-corrected chi connectivity index (χ0v) is 5.62. The van der Waals surface area contributed by atoms with E-state index in [9.17, 15) is 0 Å². The Morgan fingerprint density at radius 3 is 2.14 bits per heavy atom. The second-order valence-corrected chi connectivity index (χ2v) is 2.25. The normalized spacial score (nSPS) is 13.6. The van der Waals surface area contributed by atoms with Crippen molar-refractivity contribution in [1.29, 1.82) is 0 Å². The molecule has 0 aliphatic carbocycles. The highest BCUT2D eigenvalue weighted by molar-refractivity contribution is 8.13. The van der Waals surface area contributed by atoms with Gasteiger partial charge >= 0.3 is 0 Å². The lowest BCUT2D eigenvalue weighted by Gasteiger charge is -1.84. The van der Waals surface area contributed by atoms with Crippen molar-refractivity contribution >= 4 is 16.8 Å². The van der Waals surface area contributed by atoms with E-state index in [0.717, 1.165) is 9.78 Å². The Bertz CT molecular complexity index is 85.7. The van der Waals surface area contributed by atoms with Crippen LogP contribution in [0, 0.1) is 0 Å². The fraction of sp³-hybridized carbons (Fsp3) is 0.750. The summed E-state index contributed by atoms with van der Waals surface area (Å²) in [5.41, 5.74) is 0. The maximum absolute atomic E-state index is 8.60. The molecule has 0 aromatic carbocycles. The summed E-state index contributed by atoms with van der Waals surface area (Å²) in [6.07, 6.45) is 1.92. The van der Waals surface area contributed by atoms with Crippen LogP contribution in [0.25, 0.3) is 0 Å². The number of thioether (sulfide) groups is 1. The van der Waals surface area contributed by atoms with Crippen LogP contribution in [0.5, 0.6) is 0 Å². The Hall–Kier alpha value is -0.180. The summed E-state index contributed by atoms with van der Waals surface area (Å²) in [6, 6.07) is 0. The fourth-order valence-corrected chi connectivity index (χ4v) is 0.396. The zero-order valence-electron chi connectivity index (χ0n) is 4.80. The minimum absolute atomic E-state index is 0.903. The molecule has 0 fully saturated rings. The van der Waals surface area contributed by atoms with Gasteiger partial charge in [-0.05, 0) is 11.0 Å². The van der Waals surface area contributed by atoms with E-state index in [4.69, 9.17) is 5.21 Å². The van der Waals surface area contributed by atoms with Gasteiger partial charge in [-0.1, -0.05) is 11.8 Å². The maximum Gasteiger partial charge on any atom is 0.257 e. The van der Waals surface area contributed by atoms with Gasteiger partial charge < -0.3 is 0 Å². The molecule has 0 spiro atoms. The first-order chi connectivity index (χ1) is 3.18. The van der Waals surface area contributed by atoms with Gasteiger partial charge in [-0.25, -0.2) is 0 Å². The third-order valence-corrected chi connectivity index (χ3v) is 1.61. The molecule has 1 N–H and O–H groups in total. The van der Waals surface area contributed by atoms with E-state index in [1.54, 1.807) is 7.05 Å². The predicted molar refractivity (Wildman–Crippen MR) is 32.2 cm³/mol. The monoisotopic (exact) mass is 120 g/mol. The molecule has 0 atom stereocenters. The van der Waals surface area contributed by atoms with Crippen molar-refractivity contribution in [1.82, 2.24) is 0 Å². The van der Waals surface area contributed by atoms with E-state index in [-0.39, 0.29) is 0 Å². The van der Waals surface area contributed by atoms with Gasteiger partial charge in [0.05, 0.1) is 0 Å². The number of hydrogen-bond acceptors (Lipinski definition) is 2. The molecule has 0 saturated carbocycles. The molecule has 0 bridgehead atoms. The van der Waals surface area contributed by atoms with Crippen molar-refractivity contribution in [2.45, 2.75) is 6.92 Å². The summed E-state index contributed by atoms with van der Waals surface area (Å²) in [4.78, 5) is 0. The highest BCUT2D eigenvalue weighted by atomic mass is 32.2. The van der Waals surface area contributed by atoms with Gasteiger partial charge in [0.2, 0.25) is 0 Å². The molecule has 42 valence electrons. The number of rotatable bonds is 0. The highest BCUT2D eigenvalue weighted by Gasteiger charge is 1.96. The van der Waals surface area contributed by atoms with Crippen LogP contribution in [0.4, 0.5) is 0 Å². The molecule has 0 unspecified atom stereocenters. The molecular formula is C4H10NOS+. The molecule has 0 aliphatic heterocycles. The molecule has 0 radical (unpaired) electrons. The smallest absolute Gasteiger partial charge is 0.257 e. The van der Waals surface area contributed by atoms with E-state index in [0.29, 0.717) is 0 Å². The minimum atomic E-state index is 0.903. The van der Waals surface area contributed by atoms with Gasteiger partial charge in [0, 0.05) is 6.92 Å². The Morgan fingerprint density at radius 1 is 1.71 bits per heavy atom. The number of hydrogen-bond donors (Lipinski definition) is 1. The fourth-order valence-electron chi connectivity index (χ4n) is 0.132. The van der Waals surface area contributed by atoms with Gasteiger partial charge in [-0.3, -0.25) is 5.21 Å². The predicted octanol–water partition coefficient (Wildman–Crippen LogP) is 0.799. The van der Waals surface area contributed by atoms with E-state index >= 15 is 0 Å². The van der Waals surface area contributed by atoms with Crippen LogP contribution < -0.4 is 0 Å². The molecule has 0 amide bonds. The quantitative estimate of drug-likeness (QED) is 0.168. The van der Waals surface area contributed by atoms with Crippen LogP contribution in [0.2, 0.25) is 0 Å². The van der Waals surface area contributed by atoms with Crippen LogP contribution in [0.15, 0.2) is 0 Å². The van der Waals surface area contributed by atoms with Crippen molar-refractivity contribution in [3.8, 4) is 0 Å². The largest absolute Gasteiger partial charge is 0.290 e. The summed E-state index contributed by atoms with van der Waals surface area (Å²) in [5.74, 6) is 0. The summed E-state index contributed by atoms with van der Waals surface area (Å²) in [6.45, 7) is 1.85.